The minimum absolute atomic E-state index is 0.0488. The van der Waals surface area contributed by atoms with E-state index >= 15 is 0 Å². The number of fused-ring (bicyclic) bond motifs is 1. The van der Waals surface area contributed by atoms with Crippen molar-refractivity contribution in [2.75, 3.05) is 11.3 Å². The predicted molar refractivity (Wildman–Crippen MR) is 143 cm³/mol. The average molecular weight is 646 g/mol. The normalized spacial score (nSPS) is 14.1. The van der Waals surface area contributed by atoms with Crippen LogP contribution >= 0.6 is 27.5 Å². The number of hydrogen-bond acceptors (Lipinski definition) is 5. The van der Waals surface area contributed by atoms with Crippen LogP contribution in [0, 0.1) is 0 Å². The molecule has 1 fully saturated rings. The molecule has 5 rings (SSSR count). The summed E-state index contributed by atoms with van der Waals surface area (Å²) in [5.41, 5.74) is -3.08. The first-order valence-electron chi connectivity index (χ1n) is 11.8. The molecular weight excluding hydrogens is 625 g/mol. The molecule has 0 bridgehead atoms. The van der Waals surface area contributed by atoms with Gasteiger partial charge < -0.3 is 14.3 Å². The largest absolute Gasteiger partial charge is 0.516 e. The Labute approximate surface area is 235 Å². The van der Waals surface area contributed by atoms with Gasteiger partial charge in [-0.1, -0.05) is 29.8 Å². The number of sulfonamides is 1. The van der Waals surface area contributed by atoms with Gasteiger partial charge in [0.2, 0.25) is 0 Å². The van der Waals surface area contributed by atoms with E-state index in [-0.39, 0.29) is 34.6 Å². The zero-order valence-corrected chi connectivity index (χ0v) is 23.4. The molecule has 14 heteroatoms. The van der Waals surface area contributed by atoms with Crippen molar-refractivity contribution in [3.63, 3.8) is 0 Å². The van der Waals surface area contributed by atoms with Crippen molar-refractivity contribution in [1.29, 1.82) is 0 Å². The van der Waals surface area contributed by atoms with Crippen LogP contribution in [0.3, 0.4) is 0 Å². The number of alkyl halides is 3. The number of carbonyl (C=O) groups excluding carboxylic acids is 1. The first-order valence-corrected chi connectivity index (χ1v) is 14.5. The maximum atomic E-state index is 13.2. The second-order valence-corrected chi connectivity index (χ2v) is 11.8. The van der Waals surface area contributed by atoms with Gasteiger partial charge in [0.05, 0.1) is 24.8 Å². The van der Waals surface area contributed by atoms with Crippen LogP contribution in [0.25, 0.3) is 22.3 Å². The summed E-state index contributed by atoms with van der Waals surface area (Å²) in [4.78, 5) is 17.5. The van der Waals surface area contributed by atoms with E-state index in [0.29, 0.717) is 39.1 Å². The summed E-state index contributed by atoms with van der Waals surface area (Å²) in [6, 6.07) is 7.48. The van der Waals surface area contributed by atoms with E-state index in [2.05, 4.69) is 26.2 Å². The van der Waals surface area contributed by atoms with Crippen LogP contribution in [-0.4, -0.2) is 35.9 Å². The van der Waals surface area contributed by atoms with Gasteiger partial charge in [-0.15, -0.1) is 0 Å². The zero-order valence-electron chi connectivity index (χ0n) is 20.3. The van der Waals surface area contributed by atoms with Gasteiger partial charge in [-0.25, -0.2) is 4.98 Å². The Morgan fingerprint density at radius 3 is 2.59 bits per heavy atom. The molecule has 0 spiro atoms. The number of halogens is 5. The van der Waals surface area contributed by atoms with Crippen LogP contribution in [0.5, 0.6) is 0 Å². The Kier molecular flexibility index (Phi) is 7.18. The van der Waals surface area contributed by atoms with Crippen LogP contribution < -0.4 is 10.0 Å². The van der Waals surface area contributed by atoms with Crippen molar-refractivity contribution in [3.05, 3.63) is 69.6 Å². The van der Waals surface area contributed by atoms with Crippen molar-refractivity contribution < 1.29 is 30.8 Å². The average Bonchev–Trinajstić information content (AvgIpc) is 3.61. The van der Waals surface area contributed by atoms with Gasteiger partial charge in [-0.2, -0.15) is 21.6 Å². The fourth-order valence-electron chi connectivity index (χ4n) is 4.51. The second kappa shape index (κ2) is 10.2. The Morgan fingerprint density at radius 1 is 1.21 bits per heavy atom. The van der Waals surface area contributed by atoms with Crippen molar-refractivity contribution in [2.24, 2.45) is 0 Å². The molecule has 8 nitrogen and oxygen atoms in total. The summed E-state index contributed by atoms with van der Waals surface area (Å²) in [5, 5.41) is 2.80. The molecule has 1 amide bonds. The topological polar surface area (TPSA) is 106 Å². The summed E-state index contributed by atoms with van der Waals surface area (Å²) >= 11 is 9.99. The van der Waals surface area contributed by atoms with E-state index in [0.717, 1.165) is 12.8 Å². The molecule has 2 N–H and O–H groups in total. The number of aromatic nitrogens is 2. The number of hydrogen-bond donors (Lipinski definition) is 2. The second-order valence-electron chi connectivity index (χ2n) is 8.98. The molecule has 0 saturated heterocycles. The monoisotopic (exact) mass is 644 g/mol. The zero-order chi connectivity index (χ0) is 28.1. The molecule has 206 valence electrons. The number of amides is 1. The van der Waals surface area contributed by atoms with E-state index in [1.807, 2.05) is 0 Å². The number of benzene rings is 1. The van der Waals surface area contributed by atoms with Crippen molar-refractivity contribution in [3.8, 4) is 22.3 Å². The smallest absolute Gasteiger partial charge is 0.472 e. The number of para-hydroxylation sites is 1. The minimum atomic E-state index is -5.70. The van der Waals surface area contributed by atoms with E-state index in [1.165, 1.54) is 30.7 Å². The number of carbonyl (C=O) groups is 1. The van der Waals surface area contributed by atoms with Gasteiger partial charge in [-0.05, 0) is 59.0 Å². The van der Waals surface area contributed by atoms with Gasteiger partial charge in [0.1, 0.15) is 11.5 Å². The highest BCUT2D eigenvalue weighted by Crippen LogP contribution is 2.49. The molecule has 3 aliphatic rings. The van der Waals surface area contributed by atoms with E-state index < -0.39 is 21.4 Å². The highest BCUT2D eigenvalue weighted by molar-refractivity contribution is 9.10. The first kappa shape index (κ1) is 27.5. The number of anilines is 1. The minimum Gasteiger partial charge on any atom is -0.472 e. The third-order valence-electron chi connectivity index (χ3n) is 6.38. The number of imidazole rings is 1. The summed E-state index contributed by atoms with van der Waals surface area (Å²) in [6.07, 6.45) is 4.68. The summed E-state index contributed by atoms with van der Waals surface area (Å²) in [6.45, 7) is 2.22. The van der Waals surface area contributed by atoms with Crippen LogP contribution in [0.1, 0.15) is 47.6 Å². The Bertz CT molecular complexity index is 1650. The van der Waals surface area contributed by atoms with E-state index in [9.17, 15) is 26.4 Å². The predicted octanol–water partition coefficient (Wildman–Crippen LogP) is 6.60. The van der Waals surface area contributed by atoms with Crippen LogP contribution in [0.2, 0.25) is 5.15 Å². The molecule has 1 saturated carbocycles. The standard InChI is InChI=1S/C25H21BrClF3N4O4S/c1-2-31-24(35)21-22(27)32-23(13-7-8-13)34(21)11-16-14-9-10-38-12-17(14)20(26)19(16)15-5-3-4-6-18(15)33-39(36,37)25(28,29)30/h3-6,9-10,12-13,33H,2,7-8,11H2,1H3,(H,31,35). The summed E-state index contributed by atoms with van der Waals surface area (Å²) < 4.78 is 73.0. The van der Waals surface area contributed by atoms with Crippen LogP contribution in [0.4, 0.5) is 18.9 Å². The van der Waals surface area contributed by atoms with E-state index in [1.54, 1.807) is 28.3 Å². The van der Waals surface area contributed by atoms with E-state index in [4.69, 9.17) is 16.0 Å². The van der Waals surface area contributed by atoms with Gasteiger partial charge in [0.15, 0.2) is 5.15 Å². The number of nitrogens with zero attached hydrogens (tertiary/aromatic N) is 2. The Morgan fingerprint density at radius 2 is 1.92 bits per heavy atom. The molecule has 0 unspecified atom stereocenters. The molecule has 1 aliphatic heterocycles. The molecule has 39 heavy (non-hydrogen) atoms. The van der Waals surface area contributed by atoms with Gasteiger partial charge in [-0.3, -0.25) is 9.52 Å². The molecule has 1 aromatic heterocycles. The fourth-order valence-corrected chi connectivity index (χ4v) is 6.13. The van der Waals surface area contributed by atoms with Crippen molar-refractivity contribution in [2.45, 2.75) is 37.7 Å². The molecule has 2 aromatic rings. The summed E-state index contributed by atoms with van der Waals surface area (Å²) in [5.74, 6) is 0.329. The van der Waals surface area contributed by atoms with Gasteiger partial charge >= 0.3 is 15.5 Å². The summed E-state index contributed by atoms with van der Waals surface area (Å²) in [7, 11) is -5.70. The number of nitrogens with one attached hydrogen (secondary N) is 2. The quantitative estimate of drug-likeness (QED) is 0.225. The molecule has 1 aromatic carbocycles. The fraction of sp³-hybridized carbons (Fsp3) is 0.280. The lowest BCUT2D eigenvalue weighted by atomic mass is 10.0. The highest BCUT2D eigenvalue weighted by atomic mass is 79.9. The molecule has 0 atom stereocenters. The Hall–Kier alpha value is -3.03. The van der Waals surface area contributed by atoms with Crippen LogP contribution in [-0.2, 0) is 16.6 Å². The Balaban J connectivity index is 1.73. The third kappa shape index (κ3) is 5.03. The first-order chi connectivity index (χ1) is 18.4. The van der Waals surface area contributed by atoms with Gasteiger partial charge in [0.25, 0.3) is 5.91 Å². The molecule has 0 radical (unpaired) electrons. The maximum Gasteiger partial charge on any atom is 0.516 e. The molecule has 2 heterocycles. The lowest BCUT2D eigenvalue weighted by Gasteiger charge is -2.17. The highest BCUT2D eigenvalue weighted by Gasteiger charge is 2.46. The molecular formula is C25H21BrClF3N4O4S. The van der Waals surface area contributed by atoms with Crippen molar-refractivity contribution >= 4 is 49.1 Å². The number of rotatable bonds is 8. The molecule has 2 aliphatic carbocycles. The van der Waals surface area contributed by atoms with Crippen molar-refractivity contribution in [1.82, 2.24) is 14.9 Å². The maximum absolute atomic E-state index is 13.2. The van der Waals surface area contributed by atoms with Crippen LogP contribution in [0.15, 0.2) is 51.7 Å². The third-order valence-corrected chi connectivity index (χ3v) is 8.57. The lowest BCUT2D eigenvalue weighted by molar-refractivity contribution is -0.0429. The van der Waals surface area contributed by atoms with Gasteiger partial charge in [0, 0.05) is 33.6 Å². The SMILES string of the molecule is CCNC(=O)c1c(Cl)nc(C2CC2)n1Cc1c2ccocc-2c(Br)c1-c1ccccc1NS(=O)(=O)C(F)(F)F. The lowest BCUT2D eigenvalue weighted by Crippen LogP contribution is -2.30.